The standard InChI is InChI=1S/C38H32N2O.V/c1-29-13-19-34(20-14-29)39(32-9-5-3-6-10-32)35-21-15-30(16-22-35)31-17-23-36(24-18-31)40(33-11-7-4-8-12-33)37-25-27-38(41-2)28-26-37;/h3-28H,1-2H3;. The van der Waals surface area contributed by atoms with Gasteiger partial charge in [-0.2, -0.15) is 0 Å². The first-order chi connectivity index (χ1) is 20.2. The minimum absolute atomic E-state index is 0. The predicted molar refractivity (Wildman–Crippen MR) is 173 cm³/mol. The molecule has 0 aliphatic heterocycles. The fourth-order valence-corrected chi connectivity index (χ4v) is 5.08. The molecule has 6 aromatic carbocycles. The molecule has 0 heterocycles. The quantitative estimate of drug-likeness (QED) is 0.177. The van der Waals surface area contributed by atoms with Gasteiger partial charge in [0.25, 0.3) is 0 Å². The normalized spacial score (nSPS) is 10.4. The second-order valence-corrected chi connectivity index (χ2v) is 9.97. The van der Waals surface area contributed by atoms with Crippen molar-refractivity contribution in [3.05, 3.63) is 163 Å². The van der Waals surface area contributed by atoms with Crippen LogP contribution in [0.1, 0.15) is 5.56 Å². The van der Waals surface area contributed by atoms with Gasteiger partial charge in [-0.1, -0.05) is 78.4 Å². The Morgan fingerprint density at radius 3 is 1.05 bits per heavy atom. The summed E-state index contributed by atoms with van der Waals surface area (Å²) < 4.78 is 5.38. The van der Waals surface area contributed by atoms with Gasteiger partial charge in [0.1, 0.15) is 5.75 Å². The molecule has 0 N–H and O–H groups in total. The second-order valence-electron chi connectivity index (χ2n) is 9.97. The van der Waals surface area contributed by atoms with Gasteiger partial charge in [0.2, 0.25) is 0 Å². The van der Waals surface area contributed by atoms with E-state index >= 15 is 0 Å². The van der Waals surface area contributed by atoms with E-state index in [4.69, 9.17) is 4.74 Å². The second kappa shape index (κ2) is 13.3. The van der Waals surface area contributed by atoms with Gasteiger partial charge in [0.05, 0.1) is 7.11 Å². The van der Waals surface area contributed by atoms with Crippen molar-refractivity contribution in [2.24, 2.45) is 0 Å². The maximum Gasteiger partial charge on any atom is 0.119 e. The number of nitrogens with zero attached hydrogens (tertiary/aromatic N) is 2. The molecule has 0 aromatic heterocycles. The Labute approximate surface area is 260 Å². The number of hydrogen-bond donors (Lipinski definition) is 0. The Balaban J connectivity index is 0.00000353. The summed E-state index contributed by atoms with van der Waals surface area (Å²) in [6.07, 6.45) is 0. The maximum absolute atomic E-state index is 5.38. The Morgan fingerprint density at radius 1 is 0.381 bits per heavy atom. The van der Waals surface area contributed by atoms with Crippen molar-refractivity contribution in [1.82, 2.24) is 0 Å². The molecule has 0 saturated carbocycles. The van der Waals surface area contributed by atoms with Gasteiger partial charge >= 0.3 is 0 Å². The molecule has 0 bridgehead atoms. The van der Waals surface area contributed by atoms with Crippen LogP contribution in [-0.2, 0) is 18.6 Å². The van der Waals surface area contributed by atoms with Crippen molar-refractivity contribution in [1.29, 1.82) is 0 Å². The fourth-order valence-electron chi connectivity index (χ4n) is 5.08. The molecule has 0 aliphatic carbocycles. The molecule has 6 rings (SSSR count). The topological polar surface area (TPSA) is 15.7 Å². The van der Waals surface area contributed by atoms with Crippen LogP contribution in [-0.4, -0.2) is 7.11 Å². The third kappa shape index (κ3) is 6.28. The molecule has 0 atom stereocenters. The fraction of sp³-hybridized carbons (Fsp3) is 0.0526. The molecule has 3 nitrogen and oxygen atoms in total. The van der Waals surface area contributed by atoms with Gasteiger partial charge in [0.15, 0.2) is 0 Å². The summed E-state index contributed by atoms with van der Waals surface area (Å²) in [5.74, 6) is 0.841. The number of methoxy groups -OCH3 is 1. The Kier molecular flexibility index (Phi) is 9.13. The van der Waals surface area contributed by atoms with Gasteiger partial charge in [0, 0.05) is 52.7 Å². The van der Waals surface area contributed by atoms with Gasteiger partial charge in [-0.3, -0.25) is 0 Å². The van der Waals surface area contributed by atoms with Crippen LogP contribution < -0.4 is 14.5 Å². The Morgan fingerprint density at radius 2 is 0.690 bits per heavy atom. The molecule has 0 fully saturated rings. The molecule has 6 aromatic rings. The molecular weight excluding hydrogens is 551 g/mol. The van der Waals surface area contributed by atoms with Gasteiger partial charge in [-0.05, 0) is 103 Å². The largest absolute Gasteiger partial charge is 0.497 e. The van der Waals surface area contributed by atoms with Crippen LogP contribution in [0.25, 0.3) is 11.1 Å². The first-order valence-corrected chi connectivity index (χ1v) is 13.8. The van der Waals surface area contributed by atoms with Crippen LogP contribution in [0.4, 0.5) is 34.1 Å². The van der Waals surface area contributed by atoms with Crippen molar-refractivity contribution >= 4 is 34.1 Å². The summed E-state index contributed by atoms with van der Waals surface area (Å²) >= 11 is 0. The van der Waals surface area contributed by atoms with E-state index in [0.717, 1.165) is 39.9 Å². The van der Waals surface area contributed by atoms with E-state index in [1.54, 1.807) is 7.11 Å². The number of ether oxygens (including phenoxy) is 1. The SMILES string of the molecule is COc1ccc(N(c2ccccc2)c2ccc(-c3ccc(N(c4ccccc4)c4ccc(C)cc4)cc3)cc2)cc1.[V]. The Bertz CT molecular complexity index is 1690. The average molecular weight is 584 g/mol. The number of hydrogen-bond acceptors (Lipinski definition) is 3. The molecule has 0 amide bonds. The number of aryl methyl sites for hydroxylation is 1. The molecule has 205 valence electrons. The van der Waals surface area contributed by atoms with Gasteiger partial charge in [-0.15, -0.1) is 0 Å². The molecule has 42 heavy (non-hydrogen) atoms. The maximum atomic E-state index is 5.38. The van der Waals surface area contributed by atoms with Crippen LogP contribution in [0.15, 0.2) is 158 Å². The van der Waals surface area contributed by atoms with E-state index in [1.807, 2.05) is 18.2 Å². The molecular formula is C38H32N2OV. The average Bonchev–Trinajstić information content (AvgIpc) is 3.04. The zero-order valence-electron chi connectivity index (χ0n) is 23.8. The van der Waals surface area contributed by atoms with Crippen molar-refractivity contribution in [2.45, 2.75) is 6.92 Å². The molecule has 4 heteroatoms. The third-order valence-corrected chi connectivity index (χ3v) is 7.24. The minimum atomic E-state index is 0. The van der Waals surface area contributed by atoms with Crippen molar-refractivity contribution in [2.75, 3.05) is 16.9 Å². The van der Waals surface area contributed by atoms with Crippen LogP contribution in [0.5, 0.6) is 5.75 Å². The summed E-state index contributed by atoms with van der Waals surface area (Å²) in [6, 6.07) is 55.3. The minimum Gasteiger partial charge on any atom is -0.497 e. The molecule has 0 unspecified atom stereocenters. The first kappa shape index (κ1) is 28.8. The Hall–Kier alpha value is -4.70. The summed E-state index contributed by atoms with van der Waals surface area (Å²) in [5.41, 5.74) is 10.3. The smallest absolute Gasteiger partial charge is 0.119 e. The van der Waals surface area contributed by atoms with E-state index in [2.05, 4.69) is 156 Å². The zero-order valence-corrected chi connectivity index (χ0v) is 25.2. The number of benzene rings is 6. The number of rotatable bonds is 8. The summed E-state index contributed by atoms with van der Waals surface area (Å²) in [5, 5.41) is 0. The molecule has 1 radical (unpaired) electrons. The number of anilines is 6. The predicted octanol–water partition coefficient (Wildman–Crippen LogP) is 10.6. The summed E-state index contributed by atoms with van der Waals surface area (Å²) in [6.45, 7) is 2.12. The van der Waals surface area contributed by atoms with E-state index in [-0.39, 0.29) is 18.6 Å². The van der Waals surface area contributed by atoms with Crippen molar-refractivity contribution in [3.63, 3.8) is 0 Å². The number of para-hydroxylation sites is 2. The van der Waals surface area contributed by atoms with Crippen molar-refractivity contribution in [3.8, 4) is 16.9 Å². The van der Waals surface area contributed by atoms with Crippen LogP contribution in [0.2, 0.25) is 0 Å². The van der Waals surface area contributed by atoms with Crippen LogP contribution in [0, 0.1) is 6.92 Å². The first-order valence-electron chi connectivity index (χ1n) is 13.8. The van der Waals surface area contributed by atoms with Crippen LogP contribution in [0.3, 0.4) is 0 Å². The van der Waals surface area contributed by atoms with E-state index in [0.29, 0.717) is 0 Å². The van der Waals surface area contributed by atoms with Gasteiger partial charge < -0.3 is 14.5 Å². The molecule has 0 spiro atoms. The van der Waals surface area contributed by atoms with Gasteiger partial charge in [-0.25, -0.2) is 0 Å². The third-order valence-electron chi connectivity index (χ3n) is 7.24. The monoisotopic (exact) mass is 583 g/mol. The van der Waals surface area contributed by atoms with Crippen LogP contribution >= 0.6 is 0 Å². The van der Waals surface area contributed by atoms with Crippen molar-refractivity contribution < 1.29 is 23.3 Å². The summed E-state index contributed by atoms with van der Waals surface area (Å²) in [4.78, 5) is 4.55. The van der Waals surface area contributed by atoms with E-state index < -0.39 is 0 Å². The molecule has 0 aliphatic rings. The van der Waals surface area contributed by atoms with E-state index in [9.17, 15) is 0 Å². The summed E-state index contributed by atoms with van der Waals surface area (Å²) in [7, 11) is 1.69. The van der Waals surface area contributed by atoms with E-state index in [1.165, 1.54) is 16.7 Å². The molecule has 0 saturated heterocycles. The zero-order chi connectivity index (χ0) is 28.0.